The monoisotopic (exact) mass is 285 g/mol. The molecule has 21 heavy (non-hydrogen) atoms. The molecule has 0 amide bonds. The zero-order valence-electron chi connectivity index (χ0n) is 13.7. The lowest BCUT2D eigenvalue weighted by Gasteiger charge is -2.70. The Morgan fingerprint density at radius 3 is 2.10 bits per heavy atom. The lowest BCUT2D eigenvalue weighted by molar-refractivity contribution is -0.125. The number of hydrogen-bond donors (Lipinski definition) is 0. The highest BCUT2D eigenvalue weighted by atomic mass is 16.7. The highest BCUT2D eigenvalue weighted by molar-refractivity contribution is 6.61. The summed E-state index contributed by atoms with van der Waals surface area (Å²) in [4.78, 5) is 4.51. The van der Waals surface area contributed by atoms with Crippen LogP contribution in [0.15, 0.2) is 18.3 Å². The van der Waals surface area contributed by atoms with Crippen molar-refractivity contribution in [2.75, 3.05) is 0 Å². The molecule has 3 saturated carbocycles. The summed E-state index contributed by atoms with van der Waals surface area (Å²) in [7, 11) is -0.349. The molecule has 3 nitrogen and oxygen atoms in total. The molecular weight excluding hydrogens is 261 g/mol. The number of aromatic nitrogens is 1. The molecule has 5 rings (SSSR count). The summed E-state index contributed by atoms with van der Waals surface area (Å²) in [5.74, 6) is 0. The van der Waals surface area contributed by atoms with Crippen molar-refractivity contribution in [2.45, 2.75) is 70.5 Å². The van der Waals surface area contributed by atoms with E-state index in [1.807, 2.05) is 6.20 Å². The van der Waals surface area contributed by atoms with E-state index in [0.29, 0.717) is 10.8 Å². The van der Waals surface area contributed by atoms with Crippen molar-refractivity contribution in [1.82, 2.24) is 4.98 Å². The van der Waals surface area contributed by atoms with E-state index in [2.05, 4.69) is 51.7 Å². The van der Waals surface area contributed by atoms with Crippen LogP contribution in [0.5, 0.6) is 0 Å². The van der Waals surface area contributed by atoms with Crippen LogP contribution in [0, 0.1) is 5.41 Å². The highest BCUT2D eigenvalue weighted by Crippen LogP contribution is 2.73. The fourth-order valence-corrected chi connectivity index (χ4v) is 4.47. The van der Waals surface area contributed by atoms with Gasteiger partial charge in [-0.15, -0.1) is 0 Å². The summed E-state index contributed by atoms with van der Waals surface area (Å²) >= 11 is 0. The third-order valence-electron chi connectivity index (χ3n) is 6.18. The van der Waals surface area contributed by atoms with Gasteiger partial charge in [0.2, 0.25) is 0 Å². The highest BCUT2D eigenvalue weighted by Gasteiger charge is 2.65. The number of pyridine rings is 1. The van der Waals surface area contributed by atoms with E-state index in [-0.39, 0.29) is 18.3 Å². The smallest absolute Gasteiger partial charge is 0.398 e. The second kappa shape index (κ2) is 3.72. The minimum absolute atomic E-state index is 0.306. The zero-order chi connectivity index (χ0) is 15.1. The summed E-state index contributed by atoms with van der Waals surface area (Å²) in [5, 5.41) is 0. The SMILES string of the molecule is CC12CC(c3ccnc(B4OC(C)(C)C(C)(C)O4)c3)(C1)C2. The van der Waals surface area contributed by atoms with Crippen LogP contribution >= 0.6 is 0 Å². The van der Waals surface area contributed by atoms with Crippen molar-refractivity contribution in [3.63, 3.8) is 0 Å². The first kappa shape index (κ1) is 13.8. The second-order valence-electron chi connectivity index (χ2n) is 8.68. The first-order chi connectivity index (χ1) is 9.65. The molecule has 0 spiro atoms. The van der Waals surface area contributed by atoms with E-state index in [9.17, 15) is 0 Å². The van der Waals surface area contributed by atoms with Crippen LogP contribution in [-0.2, 0) is 14.7 Å². The predicted octanol–water partition coefficient (Wildman–Crippen LogP) is 2.82. The van der Waals surface area contributed by atoms with Crippen LogP contribution in [0.25, 0.3) is 0 Å². The average molecular weight is 285 g/mol. The Balaban J connectivity index is 1.60. The van der Waals surface area contributed by atoms with Crippen LogP contribution in [0.2, 0.25) is 0 Å². The molecule has 4 aliphatic rings. The van der Waals surface area contributed by atoms with Crippen molar-refractivity contribution in [3.05, 3.63) is 23.9 Å². The normalized spacial score (nSPS) is 38.8. The van der Waals surface area contributed by atoms with Gasteiger partial charge in [0.05, 0.1) is 16.8 Å². The molecule has 0 N–H and O–H groups in total. The third-order valence-corrected chi connectivity index (χ3v) is 6.18. The summed E-state index contributed by atoms with van der Waals surface area (Å²) < 4.78 is 12.2. The molecule has 3 aliphatic carbocycles. The molecule has 0 radical (unpaired) electrons. The molecule has 4 heteroatoms. The average Bonchev–Trinajstić information content (AvgIpc) is 2.54. The van der Waals surface area contributed by atoms with Crippen LogP contribution < -0.4 is 5.59 Å². The van der Waals surface area contributed by atoms with Crippen LogP contribution in [-0.4, -0.2) is 23.3 Å². The number of hydrogen-bond acceptors (Lipinski definition) is 3. The van der Waals surface area contributed by atoms with E-state index in [4.69, 9.17) is 9.31 Å². The Kier molecular flexibility index (Phi) is 2.44. The number of nitrogens with zero attached hydrogens (tertiary/aromatic N) is 1. The first-order valence-electron chi connectivity index (χ1n) is 7.97. The second-order valence-corrected chi connectivity index (χ2v) is 8.68. The molecule has 0 atom stereocenters. The zero-order valence-corrected chi connectivity index (χ0v) is 13.7. The molecule has 1 aliphatic heterocycles. The maximum absolute atomic E-state index is 6.12. The number of rotatable bonds is 2. The summed E-state index contributed by atoms with van der Waals surface area (Å²) in [6, 6.07) is 4.38. The Morgan fingerprint density at radius 1 is 1.00 bits per heavy atom. The Hall–Kier alpha value is -0.865. The topological polar surface area (TPSA) is 31.4 Å². The van der Waals surface area contributed by atoms with Crippen molar-refractivity contribution >= 4 is 12.7 Å². The van der Waals surface area contributed by atoms with E-state index < -0.39 is 0 Å². The lowest BCUT2D eigenvalue weighted by Crippen LogP contribution is -2.63. The molecule has 0 unspecified atom stereocenters. The first-order valence-corrected chi connectivity index (χ1v) is 7.97. The molecule has 4 fully saturated rings. The van der Waals surface area contributed by atoms with Gasteiger partial charge in [0.15, 0.2) is 0 Å². The van der Waals surface area contributed by atoms with Gasteiger partial charge in [0.1, 0.15) is 0 Å². The molecule has 1 aromatic heterocycles. The van der Waals surface area contributed by atoms with Crippen LogP contribution in [0.3, 0.4) is 0 Å². The van der Waals surface area contributed by atoms with Gasteiger partial charge in [0, 0.05) is 6.20 Å². The van der Waals surface area contributed by atoms with Gasteiger partial charge in [-0.2, -0.15) is 0 Å². The molecule has 2 bridgehead atoms. The fourth-order valence-electron chi connectivity index (χ4n) is 4.47. The largest absolute Gasteiger partial charge is 0.514 e. The van der Waals surface area contributed by atoms with Gasteiger partial charge in [-0.25, -0.2) is 0 Å². The molecular formula is C17H24BNO2. The van der Waals surface area contributed by atoms with E-state index in [1.165, 1.54) is 24.8 Å². The Labute approximate surface area is 127 Å². The van der Waals surface area contributed by atoms with Crippen molar-refractivity contribution in [2.24, 2.45) is 5.41 Å². The Bertz CT molecular complexity index is 575. The summed E-state index contributed by atoms with van der Waals surface area (Å²) in [6.45, 7) is 10.7. The summed E-state index contributed by atoms with van der Waals surface area (Å²) in [6.07, 6.45) is 5.89. The van der Waals surface area contributed by atoms with E-state index >= 15 is 0 Å². The van der Waals surface area contributed by atoms with E-state index in [0.717, 1.165) is 5.59 Å². The quantitative estimate of drug-likeness (QED) is 0.783. The van der Waals surface area contributed by atoms with Crippen molar-refractivity contribution in [3.8, 4) is 0 Å². The fraction of sp³-hybridized carbons (Fsp3) is 0.706. The van der Waals surface area contributed by atoms with Gasteiger partial charge < -0.3 is 9.31 Å². The minimum atomic E-state index is -0.349. The molecule has 1 aromatic rings. The van der Waals surface area contributed by atoms with Gasteiger partial charge >= 0.3 is 7.12 Å². The third kappa shape index (κ3) is 1.78. The molecule has 112 valence electrons. The lowest BCUT2D eigenvalue weighted by atomic mass is 9.34. The van der Waals surface area contributed by atoms with Gasteiger partial charge in [-0.1, -0.05) is 6.92 Å². The standard InChI is InChI=1S/C17H24BNO2/c1-14(2)15(3,4)21-18(20-14)13-8-12(6-7-19-13)17-9-16(5,10-17)11-17/h6-8H,9-11H2,1-5H3. The maximum Gasteiger partial charge on any atom is 0.514 e. The summed E-state index contributed by atoms with van der Waals surface area (Å²) in [5.41, 5.74) is 2.77. The molecule has 0 aromatic carbocycles. The minimum Gasteiger partial charge on any atom is -0.398 e. The maximum atomic E-state index is 6.12. The molecule has 2 heterocycles. The van der Waals surface area contributed by atoms with Crippen LogP contribution in [0.4, 0.5) is 0 Å². The predicted molar refractivity (Wildman–Crippen MR) is 83.6 cm³/mol. The van der Waals surface area contributed by atoms with Gasteiger partial charge in [-0.05, 0) is 75.5 Å². The van der Waals surface area contributed by atoms with Crippen molar-refractivity contribution < 1.29 is 9.31 Å². The van der Waals surface area contributed by atoms with Crippen LogP contribution in [0.1, 0.15) is 59.4 Å². The van der Waals surface area contributed by atoms with E-state index in [1.54, 1.807) is 0 Å². The van der Waals surface area contributed by atoms with Gasteiger partial charge in [0.25, 0.3) is 0 Å². The van der Waals surface area contributed by atoms with Gasteiger partial charge in [-0.3, -0.25) is 4.98 Å². The molecule has 1 saturated heterocycles. The van der Waals surface area contributed by atoms with Crippen molar-refractivity contribution in [1.29, 1.82) is 0 Å². The Morgan fingerprint density at radius 2 is 1.57 bits per heavy atom.